The number of hydrogen-bond donors (Lipinski definition) is 1. The third-order valence-electron chi connectivity index (χ3n) is 4.07. The number of para-hydroxylation sites is 1. The van der Waals surface area contributed by atoms with Crippen molar-refractivity contribution >= 4 is 5.69 Å². The standard InChI is InChI=1S/C15H19N3O3/c1-11-5-3-7-13(18(19)20)14(11)21-12-6-4-8-15(9-12,10-16)17-2/h3,5,7,12,17H,4,6,8-9H2,1-2H3. The van der Waals surface area contributed by atoms with E-state index in [9.17, 15) is 15.4 Å². The second kappa shape index (κ2) is 6.10. The number of aryl methyl sites for hydroxylation is 1. The van der Waals surface area contributed by atoms with Crippen LogP contribution in [0.5, 0.6) is 5.75 Å². The van der Waals surface area contributed by atoms with E-state index in [4.69, 9.17) is 4.74 Å². The van der Waals surface area contributed by atoms with Crippen LogP contribution in [0, 0.1) is 28.4 Å². The first-order valence-electron chi connectivity index (χ1n) is 7.02. The van der Waals surface area contributed by atoms with Crippen LogP contribution in [0.15, 0.2) is 18.2 Å². The number of nitro benzene ring substituents is 1. The van der Waals surface area contributed by atoms with Crippen molar-refractivity contribution < 1.29 is 9.66 Å². The highest BCUT2D eigenvalue weighted by Gasteiger charge is 2.37. The van der Waals surface area contributed by atoms with Gasteiger partial charge in [0.05, 0.1) is 11.0 Å². The molecule has 1 aliphatic carbocycles. The minimum Gasteiger partial charge on any atom is -0.483 e. The molecule has 2 unspecified atom stereocenters. The summed E-state index contributed by atoms with van der Waals surface area (Å²) < 4.78 is 5.90. The molecule has 0 heterocycles. The van der Waals surface area contributed by atoms with Crippen LogP contribution in [-0.2, 0) is 0 Å². The van der Waals surface area contributed by atoms with E-state index in [1.807, 2.05) is 0 Å². The van der Waals surface area contributed by atoms with Crippen LogP contribution < -0.4 is 10.1 Å². The highest BCUT2D eigenvalue weighted by Crippen LogP contribution is 2.35. The number of ether oxygens (including phenoxy) is 1. The maximum Gasteiger partial charge on any atom is 0.311 e. The monoisotopic (exact) mass is 289 g/mol. The lowest BCUT2D eigenvalue weighted by Gasteiger charge is -2.35. The molecule has 0 aromatic heterocycles. The number of nitrogens with zero attached hydrogens (tertiary/aromatic N) is 2. The van der Waals surface area contributed by atoms with Crippen LogP contribution >= 0.6 is 0 Å². The average molecular weight is 289 g/mol. The molecule has 112 valence electrons. The van der Waals surface area contributed by atoms with E-state index in [0.717, 1.165) is 24.8 Å². The van der Waals surface area contributed by atoms with Gasteiger partial charge in [-0.2, -0.15) is 5.26 Å². The van der Waals surface area contributed by atoms with Crippen LogP contribution in [0.2, 0.25) is 0 Å². The summed E-state index contributed by atoms with van der Waals surface area (Å²) in [6.07, 6.45) is 2.78. The van der Waals surface area contributed by atoms with Gasteiger partial charge in [0.25, 0.3) is 0 Å². The largest absolute Gasteiger partial charge is 0.483 e. The Hall–Kier alpha value is -2.13. The molecule has 2 atom stereocenters. The molecule has 1 fully saturated rings. The third-order valence-corrected chi connectivity index (χ3v) is 4.07. The molecule has 1 N–H and O–H groups in total. The molecule has 0 radical (unpaired) electrons. The first-order valence-corrected chi connectivity index (χ1v) is 7.02. The highest BCUT2D eigenvalue weighted by atomic mass is 16.6. The van der Waals surface area contributed by atoms with Gasteiger partial charge >= 0.3 is 5.69 Å². The second-order valence-corrected chi connectivity index (χ2v) is 5.46. The van der Waals surface area contributed by atoms with Crippen molar-refractivity contribution in [2.75, 3.05) is 7.05 Å². The summed E-state index contributed by atoms with van der Waals surface area (Å²) in [5, 5.41) is 23.5. The number of hydrogen-bond acceptors (Lipinski definition) is 5. The number of nitriles is 1. The molecule has 0 aliphatic heterocycles. The third kappa shape index (κ3) is 3.14. The van der Waals surface area contributed by atoms with E-state index in [2.05, 4.69) is 11.4 Å². The molecular formula is C15H19N3O3. The lowest BCUT2D eigenvalue weighted by atomic mass is 9.81. The van der Waals surface area contributed by atoms with Gasteiger partial charge in [-0.15, -0.1) is 0 Å². The Morgan fingerprint density at radius 3 is 2.95 bits per heavy atom. The highest BCUT2D eigenvalue weighted by molar-refractivity contribution is 5.51. The zero-order valence-electron chi connectivity index (χ0n) is 12.3. The van der Waals surface area contributed by atoms with Crippen molar-refractivity contribution in [2.24, 2.45) is 0 Å². The summed E-state index contributed by atoms with van der Waals surface area (Å²) >= 11 is 0. The van der Waals surface area contributed by atoms with E-state index in [0.29, 0.717) is 12.2 Å². The second-order valence-electron chi connectivity index (χ2n) is 5.46. The van der Waals surface area contributed by atoms with Gasteiger partial charge in [0.15, 0.2) is 5.75 Å². The molecule has 0 spiro atoms. The Morgan fingerprint density at radius 2 is 2.33 bits per heavy atom. The molecule has 1 aromatic carbocycles. The Bertz CT molecular complexity index is 582. The fourth-order valence-corrected chi connectivity index (χ4v) is 2.81. The van der Waals surface area contributed by atoms with Crippen LogP contribution in [0.3, 0.4) is 0 Å². The quantitative estimate of drug-likeness (QED) is 0.680. The Kier molecular flexibility index (Phi) is 4.43. The molecule has 0 amide bonds. The summed E-state index contributed by atoms with van der Waals surface area (Å²) in [5.74, 6) is 0.317. The molecule has 0 saturated heterocycles. The smallest absolute Gasteiger partial charge is 0.311 e. The number of nitrogens with one attached hydrogen (secondary N) is 1. The fraction of sp³-hybridized carbons (Fsp3) is 0.533. The van der Waals surface area contributed by atoms with Gasteiger partial charge in [-0.05, 0) is 38.8 Å². The zero-order valence-corrected chi connectivity index (χ0v) is 12.3. The first kappa shape index (κ1) is 15.3. The van der Waals surface area contributed by atoms with Crippen molar-refractivity contribution in [3.05, 3.63) is 33.9 Å². The van der Waals surface area contributed by atoms with Gasteiger partial charge in [0.1, 0.15) is 11.6 Å². The van der Waals surface area contributed by atoms with Gasteiger partial charge in [0, 0.05) is 12.5 Å². The van der Waals surface area contributed by atoms with Crippen molar-refractivity contribution in [2.45, 2.75) is 44.2 Å². The van der Waals surface area contributed by atoms with Crippen LogP contribution in [0.1, 0.15) is 31.2 Å². The van der Waals surface area contributed by atoms with Crippen LogP contribution in [-0.4, -0.2) is 23.6 Å². The van der Waals surface area contributed by atoms with Gasteiger partial charge in [0.2, 0.25) is 0 Å². The fourth-order valence-electron chi connectivity index (χ4n) is 2.81. The topological polar surface area (TPSA) is 88.2 Å². The zero-order chi connectivity index (χ0) is 15.5. The van der Waals surface area contributed by atoms with Gasteiger partial charge in [-0.1, -0.05) is 12.1 Å². The molecular weight excluding hydrogens is 270 g/mol. The van der Waals surface area contributed by atoms with Crippen LogP contribution in [0.25, 0.3) is 0 Å². The van der Waals surface area contributed by atoms with E-state index in [1.165, 1.54) is 6.07 Å². The first-order chi connectivity index (χ1) is 10.0. The van der Waals surface area contributed by atoms with Crippen molar-refractivity contribution in [3.63, 3.8) is 0 Å². The molecule has 1 aromatic rings. The number of rotatable bonds is 4. The summed E-state index contributed by atoms with van der Waals surface area (Å²) in [6, 6.07) is 7.19. The Morgan fingerprint density at radius 1 is 1.57 bits per heavy atom. The van der Waals surface area contributed by atoms with Crippen molar-refractivity contribution in [3.8, 4) is 11.8 Å². The van der Waals surface area contributed by atoms with Gasteiger partial charge < -0.3 is 10.1 Å². The number of benzene rings is 1. The molecule has 1 aliphatic rings. The Balaban J connectivity index is 2.23. The predicted octanol–water partition coefficient (Wildman–Crippen LogP) is 2.71. The van der Waals surface area contributed by atoms with Crippen LogP contribution in [0.4, 0.5) is 5.69 Å². The lowest BCUT2D eigenvalue weighted by Crippen LogP contribution is -2.48. The van der Waals surface area contributed by atoms with E-state index < -0.39 is 10.5 Å². The molecule has 1 saturated carbocycles. The van der Waals surface area contributed by atoms with Crippen molar-refractivity contribution in [1.29, 1.82) is 5.26 Å². The van der Waals surface area contributed by atoms with E-state index >= 15 is 0 Å². The summed E-state index contributed by atoms with van der Waals surface area (Å²) in [7, 11) is 1.77. The summed E-state index contributed by atoms with van der Waals surface area (Å²) in [4.78, 5) is 10.7. The summed E-state index contributed by atoms with van der Waals surface area (Å²) in [6.45, 7) is 1.79. The summed E-state index contributed by atoms with van der Waals surface area (Å²) in [5.41, 5.74) is 0.120. The predicted molar refractivity (Wildman–Crippen MR) is 78.1 cm³/mol. The number of nitro groups is 1. The SMILES string of the molecule is CNC1(C#N)CCCC(Oc2c(C)cccc2[N+](=O)[O-])C1. The molecule has 6 heteroatoms. The molecule has 0 bridgehead atoms. The normalized spacial score (nSPS) is 25.1. The van der Waals surface area contributed by atoms with Gasteiger partial charge in [-0.3, -0.25) is 10.1 Å². The Labute approximate surface area is 123 Å². The molecule has 2 rings (SSSR count). The van der Waals surface area contributed by atoms with Crippen molar-refractivity contribution in [1.82, 2.24) is 5.32 Å². The van der Waals surface area contributed by atoms with E-state index in [-0.39, 0.29) is 11.8 Å². The molecule has 21 heavy (non-hydrogen) atoms. The maximum absolute atomic E-state index is 11.1. The average Bonchev–Trinajstić information content (AvgIpc) is 2.49. The molecule has 6 nitrogen and oxygen atoms in total. The lowest BCUT2D eigenvalue weighted by molar-refractivity contribution is -0.386. The van der Waals surface area contributed by atoms with Gasteiger partial charge in [-0.25, -0.2) is 0 Å². The minimum absolute atomic E-state index is 0.0208. The minimum atomic E-state index is -0.597. The van der Waals surface area contributed by atoms with E-state index in [1.54, 1.807) is 26.1 Å². The maximum atomic E-state index is 11.1.